The Labute approximate surface area is 120 Å². The Bertz CT molecular complexity index is 576. The number of hydrogen-bond donors (Lipinski definition) is 0. The molecule has 0 saturated heterocycles. The highest BCUT2D eigenvalue weighted by Gasteiger charge is 2.16. The number of ether oxygens (including phenoxy) is 1. The summed E-state index contributed by atoms with van der Waals surface area (Å²) in [6.07, 6.45) is 0. The number of benzene rings is 1. The Morgan fingerprint density at radius 3 is 2.58 bits per heavy atom. The van der Waals surface area contributed by atoms with Crippen molar-refractivity contribution in [3.05, 3.63) is 40.5 Å². The molecule has 1 aromatic heterocycles. The summed E-state index contributed by atoms with van der Waals surface area (Å²) >= 11 is 3.40. The molecule has 0 saturated carbocycles. The predicted octanol–water partition coefficient (Wildman–Crippen LogP) is 3.51. The van der Waals surface area contributed by atoms with Gasteiger partial charge in [0.1, 0.15) is 5.69 Å². The molecule has 0 aliphatic rings. The number of hydrogen-bond acceptors (Lipinski definition) is 3. The van der Waals surface area contributed by atoms with Gasteiger partial charge in [0.2, 0.25) is 0 Å². The van der Waals surface area contributed by atoms with Crippen molar-refractivity contribution in [3.8, 4) is 11.3 Å². The molecule has 0 N–H and O–H groups in total. The van der Waals surface area contributed by atoms with Crippen molar-refractivity contribution < 1.29 is 9.53 Å². The lowest BCUT2D eigenvalue weighted by molar-refractivity contribution is 0.0512. The molecule has 4 nitrogen and oxygen atoms in total. The maximum absolute atomic E-state index is 11.8. The molecule has 2 aromatic rings. The first-order chi connectivity index (χ1) is 9.15. The van der Waals surface area contributed by atoms with Crippen molar-refractivity contribution >= 4 is 21.9 Å². The molecule has 0 atom stereocenters. The highest BCUT2D eigenvalue weighted by Crippen LogP contribution is 2.22. The van der Waals surface area contributed by atoms with Crippen LogP contribution in [0.4, 0.5) is 0 Å². The summed E-state index contributed by atoms with van der Waals surface area (Å²) in [7, 11) is 0. The molecule has 0 aliphatic carbocycles. The predicted molar refractivity (Wildman–Crippen MR) is 77.0 cm³/mol. The highest BCUT2D eigenvalue weighted by atomic mass is 79.9. The van der Waals surface area contributed by atoms with Gasteiger partial charge in [-0.1, -0.05) is 28.1 Å². The van der Waals surface area contributed by atoms with Crippen molar-refractivity contribution in [1.82, 2.24) is 9.78 Å². The summed E-state index contributed by atoms with van der Waals surface area (Å²) in [5.41, 5.74) is 2.24. The zero-order chi connectivity index (χ0) is 13.8. The molecule has 0 aliphatic heterocycles. The van der Waals surface area contributed by atoms with Crippen molar-refractivity contribution in [2.45, 2.75) is 20.4 Å². The molecule has 19 heavy (non-hydrogen) atoms. The van der Waals surface area contributed by atoms with Crippen LogP contribution >= 0.6 is 15.9 Å². The largest absolute Gasteiger partial charge is 0.461 e. The monoisotopic (exact) mass is 322 g/mol. The van der Waals surface area contributed by atoms with Crippen molar-refractivity contribution in [2.75, 3.05) is 6.61 Å². The van der Waals surface area contributed by atoms with Gasteiger partial charge in [-0.15, -0.1) is 0 Å². The van der Waals surface area contributed by atoms with Gasteiger partial charge in [-0.3, -0.25) is 4.68 Å². The molecule has 0 amide bonds. The fourth-order valence-electron chi connectivity index (χ4n) is 1.79. The van der Waals surface area contributed by atoms with Crippen LogP contribution in [0, 0.1) is 0 Å². The molecule has 5 heteroatoms. The average Bonchev–Trinajstić information content (AvgIpc) is 2.84. The quantitative estimate of drug-likeness (QED) is 0.809. The van der Waals surface area contributed by atoms with E-state index in [0.29, 0.717) is 18.8 Å². The van der Waals surface area contributed by atoms with Crippen LogP contribution in [0.5, 0.6) is 0 Å². The van der Waals surface area contributed by atoms with Gasteiger partial charge in [0.25, 0.3) is 0 Å². The highest BCUT2D eigenvalue weighted by molar-refractivity contribution is 9.10. The zero-order valence-corrected chi connectivity index (χ0v) is 12.5. The van der Waals surface area contributed by atoms with Crippen LogP contribution in [0.3, 0.4) is 0 Å². The Morgan fingerprint density at radius 1 is 1.32 bits per heavy atom. The number of carbonyl (C=O) groups excluding carboxylic acids is 1. The van der Waals surface area contributed by atoms with Gasteiger partial charge in [-0.2, -0.15) is 5.10 Å². The molecule has 0 bridgehead atoms. The lowest BCUT2D eigenvalue weighted by Gasteiger charge is -2.02. The van der Waals surface area contributed by atoms with E-state index in [1.54, 1.807) is 17.7 Å². The molecule has 2 rings (SSSR count). The van der Waals surface area contributed by atoms with Crippen LogP contribution in [0.1, 0.15) is 24.3 Å². The molecule has 0 radical (unpaired) electrons. The molecule has 100 valence electrons. The van der Waals surface area contributed by atoms with Crippen molar-refractivity contribution in [2.24, 2.45) is 0 Å². The fourth-order valence-corrected chi connectivity index (χ4v) is 2.05. The second-order valence-corrected chi connectivity index (χ2v) is 4.87. The van der Waals surface area contributed by atoms with Gasteiger partial charge in [0.05, 0.1) is 12.3 Å². The number of halogens is 1. The Kier molecular flexibility index (Phi) is 4.37. The number of nitrogens with zero attached hydrogens (tertiary/aromatic N) is 2. The smallest absolute Gasteiger partial charge is 0.356 e. The summed E-state index contributed by atoms with van der Waals surface area (Å²) in [6.45, 7) is 4.73. The maximum atomic E-state index is 11.8. The first kappa shape index (κ1) is 13.8. The second-order valence-electron chi connectivity index (χ2n) is 3.96. The van der Waals surface area contributed by atoms with Gasteiger partial charge in [0, 0.05) is 16.6 Å². The van der Waals surface area contributed by atoms with Gasteiger partial charge in [-0.25, -0.2) is 4.79 Å². The van der Waals surface area contributed by atoms with Crippen LogP contribution in [0.15, 0.2) is 34.8 Å². The maximum Gasteiger partial charge on any atom is 0.356 e. The molecular formula is C14H15BrN2O2. The molecule has 0 fully saturated rings. The molecular weight excluding hydrogens is 308 g/mol. The summed E-state index contributed by atoms with van der Waals surface area (Å²) in [5.74, 6) is -0.333. The normalized spacial score (nSPS) is 10.5. The third-order valence-corrected chi connectivity index (χ3v) is 3.23. The Morgan fingerprint density at radius 2 is 2.00 bits per heavy atom. The van der Waals surface area contributed by atoms with E-state index in [0.717, 1.165) is 15.7 Å². The SMILES string of the molecule is CCOC(=O)c1cc(-c2ccc(Br)cc2)nn1CC. The summed E-state index contributed by atoms with van der Waals surface area (Å²) in [6, 6.07) is 9.59. The minimum atomic E-state index is -0.333. The Balaban J connectivity index is 2.38. The van der Waals surface area contributed by atoms with Crippen molar-refractivity contribution in [1.29, 1.82) is 0 Å². The van der Waals surface area contributed by atoms with E-state index in [2.05, 4.69) is 21.0 Å². The topological polar surface area (TPSA) is 44.1 Å². The van der Waals surface area contributed by atoms with Gasteiger partial charge < -0.3 is 4.74 Å². The van der Waals surface area contributed by atoms with Gasteiger partial charge >= 0.3 is 5.97 Å². The fraction of sp³-hybridized carbons (Fsp3) is 0.286. The van der Waals surface area contributed by atoms with E-state index in [-0.39, 0.29) is 5.97 Å². The van der Waals surface area contributed by atoms with Crippen molar-refractivity contribution in [3.63, 3.8) is 0 Å². The summed E-state index contributed by atoms with van der Waals surface area (Å²) in [5, 5.41) is 4.43. The minimum absolute atomic E-state index is 0.333. The van der Waals surface area contributed by atoms with E-state index in [1.165, 1.54) is 0 Å². The third-order valence-electron chi connectivity index (χ3n) is 2.70. The lowest BCUT2D eigenvalue weighted by atomic mass is 10.1. The second kappa shape index (κ2) is 6.02. The first-order valence-corrected chi connectivity index (χ1v) is 6.96. The van der Waals surface area contributed by atoms with E-state index in [9.17, 15) is 4.79 Å². The minimum Gasteiger partial charge on any atom is -0.461 e. The van der Waals surface area contributed by atoms with Crippen LogP contribution in [0.2, 0.25) is 0 Å². The summed E-state index contributed by atoms with van der Waals surface area (Å²) < 4.78 is 7.70. The third kappa shape index (κ3) is 3.04. The first-order valence-electron chi connectivity index (χ1n) is 6.16. The zero-order valence-electron chi connectivity index (χ0n) is 10.9. The standard InChI is InChI=1S/C14H15BrN2O2/c1-3-17-13(14(18)19-4-2)9-12(16-17)10-5-7-11(15)8-6-10/h5-9H,3-4H2,1-2H3. The van der Waals surface area contributed by atoms with E-state index in [1.807, 2.05) is 31.2 Å². The molecule has 0 spiro atoms. The van der Waals surface area contributed by atoms with E-state index >= 15 is 0 Å². The molecule has 1 aromatic carbocycles. The number of esters is 1. The molecule has 1 heterocycles. The van der Waals surface area contributed by atoms with Crippen LogP contribution in [-0.2, 0) is 11.3 Å². The van der Waals surface area contributed by atoms with E-state index in [4.69, 9.17) is 4.74 Å². The average molecular weight is 323 g/mol. The van der Waals surface area contributed by atoms with Gasteiger partial charge in [-0.05, 0) is 32.0 Å². The van der Waals surface area contributed by atoms with E-state index < -0.39 is 0 Å². The molecule has 0 unspecified atom stereocenters. The number of aryl methyl sites for hydroxylation is 1. The summed E-state index contributed by atoms with van der Waals surface area (Å²) in [4.78, 5) is 11.8. The van der Waals surface area contributed by atoms with Crippen LogP contribution in [-0.4, -0.2) is 22.4 Å². The number of carbonyl (C=O) groups is 1. The van der Waals surface area contributed by atoms with Crippen LogP contribution in [0.25, 0.3) is 11.3 Å². The van der Waals surface area contributed by atoms with Crippen LogP contribution < -0.4 is 0 Å². The van der Waals surface area contributed by atoms with Gasteiger partial charge in [0.15, 0.2) is 0 Å². The number of aromatic nitrogens is 2. The lowest BCUT2D eigenvalue weighted by Crippen LogP contribution is -2.12. The number of rotatable bonds is 4. The Hall–Kier alpha value is -1.62.